The molecule has 0 fully saturated rings. The van der Waals surface area contributed by atoms with Gasteiger partial charge in [0.1, 0.15) is 0 Å². The Kier molecular flexibility index (Phi) is 4.90. The van der Waals surface area contributed by atoms with Gasteiger partial charge in [-0.2, -0.15) is 0 Å². The lowest BCUT2D eigenvalue weighted by Gasteiger charge is -2.14. The molecule has 7 rings (SSSR count). The molecule has 0 N–H and O–H groups in total. The summed E-state index contributed by atoms with van der Waals surface area (Å²) in [5, 5.41) is 5.79. The number of aromatic nitrogens is 1. The molecular formula is C34H22ClN. The second kappa shape index (κ2) is 8.41. The minimum absolute atomic E-state index is 0.756. The van der Waals surface area contributed by atoms with Crippen molar-refractivity contribution in [3.05, 3.63) is 138 Å². The molecule has 0 saturated heterocycles. The van der Waals surface area contributed by atoms with Crippen LogP contribution in [0.5, 0.6) is 0 Å². The van der Waals surface area contributed by atoms with Crippen LogP contribution in [0.2, 0.25) is 5.02 Å². The fourth-order valence-electron chi connectivity index (χ4n) is 5.45. The van der Waals surface area contributed by atoms with Gasteiger partial charge in [0, 0.05) is 32.4 Å². The summed E-state index contributed by atoms with van der Waals surface area (Å²) in [6.45, 7) is 0. The summed E-state index contributed by atoms with van der Waals surface area (Å²) in [6, 6.07) is 47.1. The molecule has 7 aromatic rings. The number of para-hydroxylation sites is 1. The van der Waals surface area contributed by atoms with E-state index in [0.29, 0.717) is 0 Å². The van der Waals surface area contributed by atoms with Gasteiger partial charge in [0.05, 0.1) is 11.0 Å². The molecule has 0 saturated carbocycles. The zero-order valence-electron chi connectivity index (χ0n) is 19.5. The highest BCUT2D eigenvalue weighted by Gasteiger charge is 2.16. The Morgan fingerprint density at radius 1 is 0.472 bits per heavy atom. The molecule has 0 radical (unpaired) electrons. The van der Waals surface area contributed by atoms with Crippen LogP contribution in [-0.4, -0.2) is 4.57 Å². The summed E-state index contributed by atoms with van der Waals surface area (Å²) in [5.41, 5.74) is 8.05. The predicted octanol–water partition coefficient (Wildman–Crippen LogP) is 9.92. The molecule has 0 spiro atoms. The summed E-state index contributed by atoms with van der Waals surface area (Å²) in [6.07, 6.45) is 0. The van der Waals surface area contributed by atoms with E-state index in [1.165, 1.54) is 32.6 Å². The number of fused-ring (bicyclic) bond motifs is 5. The maximum Gasteiger partial charge on any atom is 0.0619 e. The van der Waals surface area contributed by atoms with Crippen LogP contribution in [0, 0.1) is 0 Å². The molecule has 0 bridgehead atoms. The van der Waals surface area contributed by atoms with Crippen molar-refractivity contribution in [2.24, 2.45) is 0 Å². The Balaban J connectivity index is 1.46. The molecule has 1 heterocycles. The van der Waals surface area contributed by atoms with Gasteiger partial charge in [-0.05, 0) is 46.3 Å². The van der Waals surface area contributed by atoms with Gasteiger partial charge in [0.25, 0.3) is 0 Å². The van der Waals surface area contributed by atoms with E-state index in [4.69, 9.17) is 11.6 Å². The number of hydrogen-bond acceptors (Lipinski definition) is 0. The van der Waals surface area contributed by atoms with E-state index >= 15 is 0 Å². The van der Waals surface area contributed by atoms with E-state index in [9.17, 15) is 0 Å². The van der Waals surface area contributed by atoms with E-state index in [2.05, 4.69) is 120 Å². The Hall–Kier alpha value is -4.33. The molecule has 0 unspecified atom stereocenters. The molecule has 0 atom stereocenters. The van der Waals surface area contributed by atoms with Crippen molar-refractivity contribution in [2.45, 2.75) is 0 Å². The maximum absolute atomic E-state index is 6.77. The molecule has 0 aliphatic carbocycles. The third kappa shape index (κ3) is 3.25. The van der Waals surface area contributed by atoms with Crippen molar-refractivity contribution in [2.75, 3.05) is 0 Å². The van der Waals surface area contributed by atoms with Crippen molar-refractivity contribution in [3.63, 3.8) is 0 Å². The van der Waals surface area contributed by atoms with E-state index in [-0.39, 0.29) is 0 Å². The first kappa shape index (κ1) is 21.0. The fraction of sp³-hybridized carbons (Fsp3) is 0. The average Bonchev–Trinajstić information content (AvgIpc) is 3.28. The Morgan fingerprint density at radius 3 is 2.03 bits per heavy atom. The first-order valence-corrected chi connectivity index (χ1v) is 12.5. The molecule has 0 amide bonds. The maximum atomic E-state index is 6.77. The van der Waals surface area contributed by atoms with Crippen LogP contribution in [0.1, 0.15) is 0 Å². The smallest absolute Gasteiger partial charge is 0.0619 e. The van der Waals surface area contributed by atoms with Crippen molar-refractivity contribution in [3.8, 4) is 27.9 Å². The van der Waals surface area contributed by atoms with E-state index < -0.39 is 0 Å². The quantitative estimate of drug-likeness (QED) is 0.237. The predicted molar refractivity (Wildman–Crippen MR) is 154 cm³/mol. The fourth-order valence-corrected chi connectivity index (χ4v) is 5.74. The lowest BCUT2D eigenvalue weighted by atomic mass is 9.94. The van der Waals surface area contributed by atoms with E-state index in [1.54, 1.807) is 0 Å². The van der Waals surface area contributed by atoms with E-state index in [1.807, 2.05) is 18.2 Å². The van der Waals surface area contributed by atoms with Crippen LogP contribution in [0.3, 0.4) is 0 Å². The number of benzene rings is 6. The standard InChI is InChI=1S/C34H22ClN/c35-31-15-8-14-27(23-9-2-1-3-10-23)33(31)25-17-20-26(21-18-25)36-32-16-7-6-13-29(32)30-22-19-24-11-4-5-12-28(24)34(30)36/h1-22H. The third-order valence-electron chi connectivity index (χ3n) is 7.07. The van der Waals surface area contributed by atoms with Gasteiger partial charge >= 0.3 is 0 Å². The minimum atomic E-state index is 0.756. The summed E-state index contributed by atoms with van der Waals surface area (Å²) in [5.74, 6) is 0. The van der Waals surface area contributed by atoms with Gasteiger partial charge in [-0.3, -0.25) is 0 Å². The molecular weight excluding hydrogens is 458 g/mol. The molecule has 170 valence electrons. The van der Waals surface area contributed by atoms with Gasteiger partial charge in [-0.15, -0.1) is 0 Å². The number of nitrogens with zero attached hydrogens (tertiary/aromatic N) is 1. The summed E-state index contributed by atoms with van der Waals surface area (Å²) < 4.78 is 2.39. The molecule has 6 aromatic carbocycles. The first-order valence-electron chi connectivity index (χ1n) is 12.2. The Labute approximate surface area is 214 Å². The lowest BCUT2D eigenvalue weighted by molar-refractivity contribution is 1.19. The van der Waals surface area contributed by atoms with Crippen LogP contribution in [0.4, 0.5) is 0 Å². The van der Waals surface area contributed by atoms with Crippen LogP contribution in [-0.2, 0) is 0 Å². The minimum Gasteiger partial charge on any atom is -0.309 e. The zero-order chi connectivity index (χ0) is 24.1. The second-order valence-corrected chi connectivity index (χ2v) is 9.52. The zero-order valence-corrected chi connectivity index (χ0v) is 20.3. The number of hydrogen-bond donors (Lipinski definition) is 0. The van der Waals surface area contributed by atoms with Crippen LogP contribution >= 0.6 is 11.6 Å². The first-order chi connectivity index (χ1) is 17.8. The molecule has 1 nitrogen and oxygen atoms in total. The van der Waals surface area contributed by atoms with Gasteiger partial charge < -0.3 is 4.57 Å². The van der Waals surface area contributed by atoms with Crippen LogP contribution < -0.4 is 0 Å². The summed E-state index contributed by atoms with van der Waals surface area (Å²) in [7, 11) is 0. The van der Waals surface area contributed by atoms with Crippen LogP contribution in [0.25, 0.3) is 60.5 Å². The topological polar surface area (TPSA) is 4.93 Å². The van der Waals surface area contributed by atoms with Crippen molar-refractivity contribution in [1.29, 1.82) is 0 Å². The van der Waals surface area contributed by atoms with Crippen molar-refractivity contribution < 1.29 is 0 Å². The van der Waals surface area contributed by atoms with Crippen molar-refractivity contribution in [1.82, 2.24) is 4.57 Å². The summed E-state index contributed by atoms with van der Waals surface area (Å²) in [4.78, 5) is 0. The Morgan fingerprint density at radius 2 is 1.19 bits per heavy atom. The number of rotatable bonds is 3. The molecule has 0 aliphatic heterocycles. The van der Waals surface area contributed by atoms with Crippen LogP contribution in [0.15, 0.2) is 133 Å². The van der Waals surface area contributed by atoms with Gasteiger partial charge in [-0.1, -0.05) is 121 Å². The van der Waals surface area contributed by atoms with Gasteiger partial charge in [0.2, 0.25) is 0 Å². The Bertz CT molecular complexity index is 1880. The third-order valence-corrected chi connectivity index (χ3v) is 7.39. The lowest BCUT2D eigenvalue weighted by Crippen LogP contribution is -1.95. The molecule has 1 aromatic heterocycles. The normalized spacial score (nSPS) is 11.5. The monoisotopic (exact) mass is 479 g/mol. The largest absolute Gasteiger partial charge is 0.309 e. The molecule has 0 aliphatic rings. The highest BCUT2D eigenvalue weighted by Crippen LogP contribution is 2.40. The van der Waals surface area contributed by atoms with Crippen molar-refractivity contribution >= 4 is 44.2 Å². The van der Waals surface area contributed by atoms with Gasteiger partial charge in [-0.25, -0.2) is 0 Å². The highest BCUT2D eigenvalue weighted by molar-refractivity contribution is 6.34. The second-order valence-electron chi connectivity index (χ2n) is 9.11. The molecule has 2 heteroatoms. The highest BCUT2D eigenvalue weighted by atomic mass is 35.5. The van der Waals surface area contributed by atoms with E-state index in [0.717, 1.165) is 33.0 Å². The average molecular weight is 480 g/mol. The van der Waals surface area contributed by atoms with Gasteiger partial charge in [0.15, 0.2) is 0 Å². The SMILES string of the molecule is Clc1cccc(-c2ccccc2)c1-c1ccc(-n2c3ccccc3c3ccc4ccccc4c32)cc1. The molecule has 36 heavy (non-hydrogen) atoms. The number of halogens is 1. The summed E-state index contributed by atoms with van der Waals surface area (Å²) >= 11 is 6.77.